The molecular formula is C13H16O5S. The van der Waals surface area contributed by atoms with Crippen LogP contribution in [-0.4, -0.2) is 43.9 Å². The second-order valence-electron chi connectivity index (χ2n) is 4.95. The van der Waals surface area contributed by atoms with Crippen LogP contribution in [0.2, 0.25) is 0 Å². The van der Waals surface area contributed by atoms with Crippen LogP contribution >= 0.6 is 0 Å². The second kappa shape index (κ2) is 4.56. The smallest absolute Gasteiger partial charge is 0.188 e. The summed E-state index contributed by atoms with van der Waals surface area (Å²) in [5, 5.41) is 8.96. The predicted octanol–water partition coefficient (Wildman–Crippen LogP) is 0.727. The lowest BCUT2D eigenvalue weighted by Crippen LogP contribution is -2.43. The second-order valence-corrected chi connectivity index (χ2v) is 7.08. The number of rotatable bonds is 2. The van der Waals surface area contributed by atoms with Crippen LogP contribution in [0.4, 0.5) is 0 Å². The standard InChI is InChI=1S/C13H16O5S/c14-10-8-12(13(9-10)17-6-7-18-13)19(15,16)11-4-2-1-3-5-11/h1-5,10,12,14H,6-9H2. The van der Waals surface area contributed by atoms with Crippen LogP contribution in [0, 0.1) is 0 Å². The molecule has 1 saturated heterocycles. The number of sulfone groups is 1. The van der Waals surface area contributed by atoms with Gasteiger partial charge in [-0.25, -0.2) is 8.42 Å². The van der Waals surface area contributed by atoms with Crippen molar-refractivity contribution >= 4 is 9.84 Å². The van der Waals surface area contributed by atoms with Crippen molar-refractivity contribution in [3.05, 3.63) is 30.3 Å². The first-order valence-electron chi connectivity index (χ1n) is 6.29. The van der Waals surface area contributed by atoms with Crippen molar-refractivity contribution in [2.75, 3.05) is 13.2 Å². The van der Waals surface area contributed by atoms with Gasteiger partial charge in [-0.05, 0) is 18.6 Å². The molecule has 1 aliphatic carbocycles. The molecule has 6 heteroatoms. The van der Waals surface area contributed by atoms with E-state index in [1.54, 1.807) is 30.3 Å². The zero-order valence-corrected chi connectivity index (χ0v) is 11.2. The lowest BCUT2D eigenvalue weighted by Gasteiger charge is -2.28. The third kappa shape index (κ3) is 2.08. The van der Waals surface area contributed by atoms with Crippen LogP contribution < -0.4 is 0 Å². The highest BCUT2D eigenvalue weighted by atomic mass is 32.2. The average molecular weight is 284 g/mol. The van der Waals surface area contributed by atoms with E-state index < -0.39 is 27.0 Å². The van der Waals surface area contributed by atoms with E-state index in [0.29, 0.717) is 13.2 Å². The minimum absolute atomic E-state index is 0.150. The molecule has 0 amide bonds. The van der Waals surface area contributed by atoms with E-state index in [2.05, 4.69) is 0 Å². The Hall–Kier alpha value is -0.950. The molecule has 2 unspecified atom stereocenters. The molecule has 1 aromatic rings. The number of hydrogen-bond donors (Lipinski definition) is 1. The van der Waals surface area contributed by atoms with Crippen molar-refractivity contribution < 1.29 is 23.0 Å². The SMILES string of the molecule is O=S(=O)(c1ccccc1)C1CC(O)CC12OCCO2. The van der Waals surface area contributed by atoms with Crippen molar-refractivity contribution in [2.24, 2.45) is 0 Å². The molecule has 2 fully saturated rings. The number of aliphatic hydroxyl groups excluding tert-OH is 1. The van der Waals surface area contributed by atoms with Crippen molar-refractivity contribution in [3.8, 4) is 0 Å². The van der Waals surface area contributed by atoms with E-state index in [9.17, 15) is 13.5 Å². The van der Waals surface area contributed by atoms with Gasteiger partial charge in [0.25, 0.3) is 0 Å². The minimum Gasteiger partial charge on any atom is -0.393 e. The summed E-state index contributed by atoms with van der Waals surface area (Å²) in [6, 6.07) is 8.24. The molecular weight excluding hydrogens is 268 g/mol. The van der Waals surface area contributed by atoms with Gasteiger partial charge in [-0.3, -0.25) is 0 Å². The van der Waals surface area contributed by atoms with Crippen LogP contribution in [0.15, 0.2) is 35.2 Å². The van der Waals surface area contributed by atoms with Gasteiger partial charge in [0.15, 0.2) is 15.6 Å². The lowest BCUT2D eigenvalue weighted by atomic mass is 10.2. The first kappa shape index (κ1) is 13.1. The van der Waals surface area contributed by atoms with Gasteiger partial charge >= 0.3 is 0 Å². The predicted molar refractivity (Wildman–Crippen MR) is 67.3 cm³/mol. The molecule has 1 heterocycles. The Morgan fingerprint density at radius 1 is 1.16 bits per heavy atom. The van der Waals surface area contributed by atoms with Crippen LogP contribution in [0.1, 0.15) is 12.8 Å². The Labute approximate surface area is 112 Å². The van der Waals surface area contributed by atoms with E-state index in [1.165, 1.54) is 0 Å². The van der Waals surface area contributed by atoms with Gasteiger partial charge in [0.05, 0.1) is 24.2 Å². The molecule has 1 spiro atoms. The maximum Gasteiger partial charge on any atom is 0.188 e. The van der Waals surface area contributed by atoms with E-state index in [4.69, 9.17) is 9.47 Å². The quantitative estimate of drug-likeness (QED) is 0.866. The van der Waals surface area contributed by atoms with Crippen molar-refractivity contribution in [1.29, 1.82) is 0 Å². The number of ether oxygens (including phenoxy) is 2. The summed E-state index contributed by atoms with van der Waals surface area (Å²) < 4.78 is 36.4. The first-order valence-corrected chi connectivity index (χ1v) is 7.84. The molecule has 0 aromatic heterocycles. The summed E-state index contributed by atoms with van der Waals surface area (Å²) in [6.07, 6.45) is -0.345. The molecule has 1 aliphatic heterocycles. The fourth-order valence-corrected chi connectivity index (χ4v) is 4.93. The summed E-state index contributed by atoms with van der Waals surface area (Å²) in [5.74, 6) is -1.17. The topological polar surface area (TPSA) is 72.8 Å². The van der Waals surface area contributed by atoms with E-state index in [-0.39, 0.29) is 17.7 Å². The molecule has 3 rings (SSSR count). The zero-order valence-electron chi connectivity index (χ0n) is 10.4. The molecule has 0 bridgehead atoms. The normalized spacial score (nSPS) is 29.9. The van der Waals surface area contributed by atoms with Gasteiger partial charge in [-0.1, -0.05) is 18.2 Å². The van der Waals surface area contributed by atoms with Crippen LogP contribution in [0.3, 0.4) is 0 Å². The maximum absolute atomic E-state index is 12.7. The number of aliphatic hydroxyl groups is 1. The average Bonchev–Trinajstić information content (AvgIpc) is 2.99. The van der Waals surface area contributed by atoms with Gasteiger partial charge in [-0.2, -0.15) is 0 Å². The summed E-state index contributed by atoms with van der Waals surface area (Å²) in [7, 11) is -3.57. The van der Waals surface area contributed by atoms with Gasteiger partial charge in [0, 0.05) is 6.42 Å². The first-order chi connectivity index (χ1) is 9.05. The van der Waals surface area contributed by atoms with Crippen molar-refractivity contribution in [1.82, 2.24) is 0 Å². The largest absolute Gasteiger partial charge is 0.393 e. The summed E-state index contributed by atoms with van der Waals surface area (Å²) >= 11 is 0. The Bertz CT molecular complexity index is 548. The summed E-state index contributed by atoms with van der Waals surface area (Å²) in [5.41, 5.74) is 0. The van der Waals surface area contributed by atoms with Gasteiger partial charge in [-0.15, -0.1) is 0 Å². The fraction of sp³-hybridized carbons (Fsp3) is 0.538. The molecule has 0 radical (unpaired) electrons. The number of hydrogen-bond acceptors (Lipinski definition) is 5. The van der Waals surface area contributed by atoms with Crippen LogP contribution in [-0.2, 0) is 19.3 Å². The van der Waals surface area contributed by atoms with Crippen molar-refractivity contribution in [3.63, 3.8) is 0 Å². The highest BCUT2D eigenvalue weighted by Gasteiger charge is 2.57. The van der Waals surface area contributed by atoms with E-state index in [1.807, 2.05) is 0 Å². The van der Waals surface area contributed by atoms with Gasteiger partial charge < -0.3 is 14.6 Å². The molecule has 19 heavy (non-hydrogen) atoms. The third-order valence-electron chi connectivity index (χ3n) is 3.72. The van der Waals surface area contributed by atoms with Gasteiger partial charge in [0.1, 0.15) is 5.25 Å². The highest BCUT2D eigenvalue weighted by molar-refractivity contribution is 7.92. The van der Waals surface area contributed by atoms with Gasteiger partial charge in [0.2, 0.25) is 0 Å². The Kier molecular flexibility index (Phi) is 3.13. The molecule has 1 aromatic carbocycles. The summed E-state index contributed by atoms with van der Waals surface area (Å²) in [4.78, 5) is 0.243. The van der Waals surface area contributed by atoms with Crippen LogP contribution in [0.5, 0.6) is 0 Å². The molecule has 1 saturated carbocycles. The molecule has 5 nitrogen and oxygen atoms in total. The number of benzene rings is 1. The third-order valence-corrected chi connectivity index (χ3v) is 5.95. The Morgan fingerprint density at radius 3 is 2.42 bits per heavy atom. The highest BCUT2D eigenvalue weighted by Crippen LogP contribution is 2.43. The molecule has 2 aliphatic rings. The molecule has 104 valence electrons. The van der Waals surface area contributed by atoms with Crippen LogP contribution in [0.25, 0.3) is 0 Å². The van der Waals surface area contributed by atoms with E-state index in [0.717, 1.165) is 0 Å². The Morgan fingerprint density at radius 2 is 1.79 bits per heavy atom. The van der Waals surface area contributed by atoms with E-state index >= 15 is 0 Å². The minimum atomic E-state index is -3.57. The maximum atomic E-state index is 12.7. The summed E-state index contributed by atoms with van der Waals surface area (Å²) in [6.45, 7) is 0.737. The Balaban J connectivity index is 2.01. The lowest BCUT2D eigenvalue weighted by molar-refractivity contribution is -0.152. The monoisotopic (exact) mass is 284 g/mol. The van der Waals surface area contributed by atoms with Crippen molar-refractivity contribution in [2.45, 2.75) is 34.9 Å². The fourth-order valence-electron chi connectivity index (χ4n) is 2.88. The zero-order chi connectivity index (χ0) is 13.5. The molecule has 1 N–H and O–H groups in total. The molecule has 2 atom stereocenters.